The number of benzene rings is 1. The second-order valence-corrected chi connectivity index (χ2v) is 8.39. The molecule has 0 bridgehead atoms. The smallest absolute Gasteiger partial charge is 0.257 e. The summed E-state index contributed by atoms with van der Waals surface area (Å²) in [7, 11) is 0. The first-order valence-corrected chi connectivity index (χ1v) is 10.0. The molecule has 0 saturated carbocycles. The number of aromatic nitrogens is 2. The van der Waals surface area contributed by atoms with Gasteiger partial charge in [0, 0.05) is 24.0 Å². The van der Waals surface area contributed by atoms with Crippen LogP contribution in [0.5, 0.6) is 0 Å². The van der Waals surface area contributed by atoms with Crippen LogP contribution in [0.2, 0.25) is 0 Å². The van der Waals surface area contributed by atoms with Crippen LogP contribution in [0, 0.1) is 24.5 Å². The number of nitrogens with zero attached hydrogens (tertiary/aromatic N) is 3. The van der Waals surface area contributed by atoms with Crippen LogP contribution < -0.4 is 10.2 Å². The third-order valence-corrected chi connectivity index (χ3v) is 6.02. The fourth-order valence-electron chi connectivity index (χ4n) is 3.70. The van der Waals surface area contributed by atoms with Gasteiger partial charge in [-0.2, -0.15) is 0 Å². The van der Waals surface area contributed by atoms with Crippen molar-refractivity contribution in [3.8, 4) is 0 Å². The van der Waals surface area contributed by atoms with Crippen molar-refractivity contribution in [3.05, 3.63) is 46.6 Å². The summed E-state index contributed by atoms with van der Waals surface area (Å²) in [6.45, 7) is 5.78. The summed E-state index contributed by atoms with van der Waals surface area (Å²) in [5.74, 6) is -0.667. The maximum atomic E-state index is 14.0. The van der Waals surface area contributed by atoms with E-state index in [0.29, 0.717) is 16.9 Å². The van der Waals surface area contributed by atoms with Gasteiger partial charge in [0.1, 0.15) is 28.6 Å². The number of fused-ring (bicyclic) bond motifs is 1. The Morgan fingerprint density at radius 3 is 2.89 bits per heavy atom. The number of anilines is 2. The Kier molecular flexibility index (Phi) is 4.97. The number of piperidine rings is 1. The van der Waals surface area contributed by atoms with Gasteiger partial charge < -0.3 is 10.2 Å². The van der Waals surface area contributed by atoms with Crippen LogP contribution in [0.3, 0.4) is 0 Å². The van der Waals surface area contributed by atoms with Gasteiger partial charge in [-0.15, -0.1) is 11.3 Å². The van der Waals surface area contributed by atoms with Gasteiger partial charge in [0.2, 0.25) is 0 Å². The number of hydrogen-bond donors (Lipinski definition) is 1. The normalized spacial score (nSPS) is 17.1. The van der Waals surface area contributed by atoms with E-state index in [-0.39, 0.29) is 5.69 Å². The summed E-state index contributed by atoms with van der Waals surface area (Å²) in [4.78, 5) is 25.5. The lowest BCUT2D eigenvalue weighted by molar-refractivity contribution is 0.102. The van der Waals surface area contributed by atoms with Gasteiger partial charge in [-0.05, 0) is 37.8 Å². The van der Waals surface area contributed by atoms with E-state index in [2.05, 4.69) is 27.1 Å². The van der Waals surface area contributed by atoms with Gasteiger partial charge in [0.15, 0.2) is 0 Å². The molecule has 0 aliphatic carbocycles. The van der Waals surface area contributed by atoms with E-state index in [9.17, 15) is 13.6 Å². The maximum Gasteiger partial charge on any atom is 0.257 e. The molecule has 4 rings (SSSR count). The minimum absolute atomic E-state index is 0.0601. The lowest BCUT2D eigenvalue weighted by Crippen LogP contribution is -2.35. The van der Waals surface area contributed by atoms with E-state index >= 15 is 0 Å². The Labute approximate surface area is 165 Å². The SMILES string of the molecule is Cc1sc2ncnc(N3CCC[C@@H](C)C3)c2c1C(=O)Nc1ccc(F)cc1F. The molecule has 1 aliphatic heterocycles. The maximum absolute atomic E-state index is 14.0. The van der Waals surface area contributed by atoms with Crippen molar-refractivity contribution in [1.29, 1.82) is 0 Å². The molecule has 1 saturated heterocycles. The van der Waals surface area contributed by atoms with E-state index in [1.807, 2.05) is 6.92 Å². The van der Waals surface area contributed by atoms with Crippen LogP contribution in [-0.2, 0) is 0 Å². The quantitative estimate of drug-likeness (QED) is 0.686. The number of carbonyl (C=O) groups excluding carboxylic acids is 1. The predicted octanol–water partition coefficient (Wildman–Crippen LogP) is 4.77. The van der Waals surface area contributed by atoms with Crippen LogP contribution in [0.25, 0.3) is 10.2 Å². The molecule has 1 atom stereocenters. The van der Waals surface area contributed by atoms with Crippen molar-refractivity contribution in [2.24, 2.45) is 5.92 Å². The zero-order valence-electron chi connectivity index (χ0n) is 15.6. The highest BCUT2D eigenvalue weighted by Gasteiger charge is 2.26. The third kappa shape index (κ3) is 3.44. The first-order chi connectivity index (χ1) is 13.4. The molecule has 5 nitrogen and oxygen atoms in total. The van der Waals surface area contributed by atoms with Crippen molar-refractivity contribution in [2.75, 3.05) is 23.3 Å². The number of nitrogens with one attached hydrogen (secondary N) is 1. The molecule has 0 spiro atoms. The molecule has 1 amide bonds. The summed E-state index contributed by atoms with van der Waals surface area (Å²) in [5, 5.41) is 3.26. The number of aryl methyl sites for hydroxylation is 1. The molecule has 1 aliphatic rings. The summed E-state index contributed by atoms with van der Waals surface area (Å²) in [5.41, 5.74) is 0.382. The topological polar surface area (TPSA) is 58.1 Å². The largest absolute Gasteiger partial charge is 0.356 e. The molecule has 3 aromatic rings. The summed E-state index contributed by atoms with van der Waals surface area (Å²) >= 11 is 1.41. The van der Waals surface area contributed by atoms with Crippen LogP contribution >= 0.6 is 11.3 Å². The average molecular weight is 402 g/mol. The molecule has 28 heavy (non-hydrogen) atoms. The number of rotatable bonds is 3. The lowest BCUT2D eigenvalue weighted by Gasteiger charge is -2.32. The minimum Gasteiger partial charge on any atom is -0.356 e. The second-order valence-electron chi connectivity index (χ2n) is 7.18. The van der Waals surface area contributed by atoms with Gasteiger partial charge >= 0.3 is 0 Å². The molecule has 1 fully saturated rings. The Morgan fingerprint density at radius 2 is 2.14 bits per heavy atom. The Morgan fingerprint density at radius 1 is 1.32 bits per heavy atom. The van der Waals surface area contributed by atoms with E-state index in [0.717, 1.165) is 47.2 Å². The molecule has 3 heterocycles. The highest BCUT2D eigenvalue weighted by atomic mass is 32.1. The molecular formula is C20H20F2N4OS. The standard InChI is InChI=1S/C20H20F2N4OS/c1-11-4-3-7-26(9-11)18-17-16(12(2)28-20(17)24-10-23-18)19(27)25-15-6-5-13(21)8-14(15)22/h5-6,8,10-11H,3-4,7,9H2,1-2H3,(H,25,27)/t11-/m1/s1. The van der Waals surface area contributed by atoms with Gasteiger partial charge in [-0.3, -0.25) is 4.79 Å². The van der Waals surface area contributed by atoms with Gasteiger partial charge in [-0.25, -0.2) is 18.7 Å². The van der Waals surface area contributed by atoms with Gasteiger partial charge in [-0.1, -0.05) is 6.92 Å². The number of thiophene rings is 1. The zero-order valence-corrected chi connectivity index (χ0v) is 16.4. The summed E-state index contributed by atoms with van der Waals surface area (Å²) in [6, 6.07) is 3.08. The van der Waals surface area contributed by atoms with Crippen LogP contribution in [0.15, 0.2) is 24.5 Å². The van der Waals surface area contributed by atoms with Crippen LogP contribution in [-0.4, -0.2) is 29.0 Å². The van der Waals surface area contributed by atoms with Gasteiger partial charge in [0.05, 0.1) is 16.6 Å². The highest BCUT2D eigenvalue weighted by molar-refractivity contribution is 7.19. The van der Waals surface area contributed by atoms with Crippen molar-refractivity contribution >= 4 is 39.0 Å². The molecule has 1 aromatic carbocycles. The number of amides is 1. The Bertz CT molecular complexity index is 1050. The molecule has 8 heteroatoms. The number of carbonyl (C=O) groups is 1. The molecular weight excluding hydrogens is 382 g/mol. The monoisotopic (exact) mass is 402 g/mol. The minimum atomic E-state index is -0.813. The van der Waals surface area contributed by atoms with E-state index in [4.69, 9.17) is 0 Å². The van der Waals surface area contributed by atoms with Crippen molar-refractivity contribution in [1.82, 2.24) is 9.97 Å². The van der Waals surface area contributed by atoms with Crippen LogP contribution in [0.4, 0.5) is 20.3 Å². The number of halogens is 2. The van der Waals surface area contributed by atoms with E-state index in [1.165, 1.54) is 30.2 Å². The Hall–Kier alpha value is -2.61. The predicted molar refractivity (Wildman–Crippen MR) is 107 cm³/mol. The first-order valence-electron chi connectivity index (χ1n) is 9.19. The summed E-state index contributed by atoms with van der Waals surface area (Å²) < 4.78 is 27.1. The molecule has 0 radical (unpaired) electrons. The second kappa shape index (κ2) is 7.43. The van der Waals surface area contributed by atoms with Crippen LogP contribution in [0.1, 0.15) is 35.0 Å². The molecule has 2 aromatic heterocycles. The van der Waals surface area contributed by atoms with Crippen molar-refractivity contribution in [3.63, 3.8) is 0 Å². The third-order valence-electron chi connectivity index (χ3n) is 5.01. The van der Waals surface area contributed by atoms with Gasteiger partial charge in [0.25, 0.3) is 5.91 Å². The van der Waals surface area contributed by atoms with Crippen molar-refractivity contribution < 1.29 is 13.6 Å². The molecule has 1 N–H and O–H groups in total. The fraction of sp³-hybridized carbons (Fsp3) is 0.350. The van der Waals surface area contributed by atoms with E-state index in [1.54, 1.807) is 0 Å². The van der Waals surface area contributed by atoms with Crippen molar-refractivity contribution in [2.45, 2.75) is 26.7 Å². The average Bonchev–Trinajstić information content (AvgIpc) is 3.00. The highest BCUT2D eigenvalue weighted by Crippen LogP contribution is 2.36. The fourth-order valence-corrected chi connectivity index (χ4v) is 4.68. The Balaban J connectivity index is 1.76. The molecule has 0 unspecified atom stereocenters. The van der Waals surface area contributed by atoms with E-state index < -0.39 is 17.5 Å². The lowest BCUT2D eigenvalue weighted by atomic mass is 10.00. The zero-order chi connectivity index (χ0) is 19.8. The summed E-state index contributed by atoms with van der Waals surface area (Å²) in [6.07, 6.45) is 3.76. The first kappa shape index (κ1) is 18.7. The number of hydrogen-bond acceptors (Lipinski definition) is 5. The molecule has 146 valence electrons.